The first-order chi connectivity index (χ1) is 7.57. The summed E-state index contributed by atoms with van der Waals surface area (Å²) in [5.41, 5.74) is 0. The lowest BCUT2D eigenvalue weighted by atomic mass is 10.1. The highest BCUT2D eigenvalue weighted by Crippen LogP contribution is 1.96. The molecule has 0 aliphatic heterocycles. The molecule has 1 unspecified atom stereocenters. The molecule has 3 heteroatoms. The molecule has 1 amide bonds. The zero-order valence-corrected chi connectivity index (χ0v) is 10.9. The number of amides is 1. The molecule has 16 heavy (non-hydrogen) atoms. The van der Waals surface area contributed by atoms with E-state index in [2.05, 4.69) is 36.3 Å². The third-order valence-corrected chi connectivity index (χ3v) is 2.29. The van der Waals surface area contributed by atoms with Crippen molar-refractivity contribution in [3.63, 3.8) is 0 Å². The molecule has 0 saturated carbocycles. The van der Waals surface area contributed by atoms with E-state index in [4.69, 9.17) is 0 Å². The fourth-order valence-electron chi connectivity index (χ4n) is 1.21. The monoisotopic (exact) mass is 224 g/mol. The minimum absolute atomic E-state index is 0.0742. The summed E-state index contributed by atoms with van der Waals surface area (Å²) < 4.78 is 0. The largest absolute Gasteiger partial charge is 0.355 e. The Labute approximate surface area is 99.4 Å². The van der Waals surface area contributed by atoms with Crippen molar-refractivity contribution in [2.45, 2.75) is 46.6 Å². The summed E-state index contributed by atoms with van der Waals surface area (Å²) in [7, 11) is 0. The number of hydrogen-bond acceptors (Lipinski definition) is 2. The first kappa shape index (κ1) is 15.0. The van der Waals surface area contributed by atoms with Crippen molar-refractivity contribution in [3.8, 4) is 11.8 Å². The third-order valence-electron chi connectivity index (χ3n) is 2.29. The lowest BCUT2D eigenvalue weighted by molar-refractivity contribution is -0.122. The van der Waals surface area contributed by atoms with Crippen LogP contribution in [0.4, 0.5) is 0 Å². The van der Waals surface area contributed by atoms with Gasteiger partial charge in [0.2, 0.25) is 5.91 Å². The van der Waals surface area contributed by atoms with Gasteiger partial charge >= 0.3 is 0 Å². The molecule has 0 fully saturated rings. The fraction of sp³-hybridized carbons (Fsp3) is 0.769. The van der Waals surface area contributed by atoms with E-state index in [0.29, 0.717) is 5.92 Å². The Morgan fingerprint density at radius 2 is 1.94 bits per heavy atom. The molecule has 0 heterocycles. The molecule has 0 radical (unpaired) electrons. The first-order valence-electron chi connectivity index (χ1n) is 5.98. The van der Waals surface area contributed by atoms with Crippen LogP contribution in [0, 0.1) is 17.8 Å². The Hall–Kier alpha value is -1.01. The normalized spacial score (nSPS) is 11.8. The Kier molecular flexibility index (Phi) is 8.65. The average Bonchev–Trinajstić information content (AvgIpc) is 2.23. The van der Waals surface area contributed by atoms with Gasteiger partial charge < -0.3 is 10.6 Å². The highest BCUT2D eigenvalue weighted by molar-refractivity contribution is 5.81. The van der Waals surface area contributed by atoms with Gasteiger partial charge in [0.15, 0.2) is 0 Å². The zero-order chi connectivity index (χ0) is 12.4. The lowest BCUT2D eigenvalue weighted by Gasteiger charge is -2.13. The number of carbonyl (C=O) groups excluding carboxylic acids is 1. The Bertz CT molecular complexity index is 250. The summed E-state index contributed by atoms with van der Waals surface area (Å²) in [5, 5.41) is 6.06. The zero-order valence-electron chi connectivity index (χ0n) is 10.9. The summed E-state index contributed by atoms with van der Waals surface area (Å²) in [6.07, 6.45) is 1.82. The molecule has 0 spiro atoms. The maximum Gasteiger partial charge on any atom is 0.236 e. The number of nitrogens with one attached hydrogen (secondary N) is 2. The van der Waals surface area contributed by atoms with Crippen LogP contribution in [0.1, 0.15) is 40.5 Å². The minimum atomic E-state index is -0.134. The van der Waals surface area contributed by atoms with Crippen LogP contribution in [0.15, 0.2) is 0 Å². The minimum Gasteiger partial charge on any atom is -0.355 e. The van der Waals surface area contributed by atoms with Gasteiger partial charge in [-0.2, -0.15) is 0 Å². The Morgan fingerprint density at radius 1 is 1.25 bits per heavy atom. The maximum atomic E-state index is 11.6. The lowest BCUT2D eigenvalue weighted by Crippen LogP contribution is -2.42. The van der Waals surface area contributed by atoms with Gasteiger partial charge in [-0.15, -0.1) is 11.8 Å². The maximum absolute atomic E-state index is 11.6. The fourth-order valence-corrected chi connectivity index (χ4v) is 1.21. The molecule has 0 aromatic heterocycles. The van der Waals surface area contributed by atoms with Crippen LogP contribution in [0.5, 0.6) is 0 Å². The second kappa shape index (κ2) is 9.23. The predicted octanol–water partition coefficient (Wildman–Crippen LogP) is 1.54. The van der Waals surface area contributed by atoms with E-state index in [1.807, 2.05) is 13.8 Å². The summed E-state index contributed by atoms with van der Waals surface area (Å²) >= 11 is 0. The van der Waals surface area contributed by atoms with E-state index in [0.717, 1.165) is 25.9 Å². The molecule has 0 rings (SSSR count). The predicted molar refractivity (Wildman–Crippen MR) is 68.0 cm³/mol. The van der Waals surface area contributed by atoms with Crippen LogP contribution in [0.3, 0.4) is 0 Å². The van der Waals surface area contributed by atoms with E-state index in [-0.39, 0.29) is 11.9 Å². The van der Waals surface area contributed by atoms with Gasteiger partial charge in [-0.1, -0.05) is 13.8 Å². The van der Waals surface area contributed by atoms with Crippen molar-refractivity contribution < 1.29 is 4.79 Å². The van der Waals surface area contributed by atoms with Gasteiger partial charge in [0.25, 0.3) is 0 Å². The quantitative estimate of drug-likeness (QED) is 0.509. The first-order valence-corrected chi connectivity index (χ1v) is 5.98. The highest BCUT2D eigenvalue weighted by Gasteiger charge is 2.10. The molecular formula is C13H24N2O. The molecule has 0 bridgehead atoms. The van der Waals surface area contributed by atoms with Crippen LogP contribution in [-0.2, 0) is 4.79 Å². The van der Waals surface area contributed by atoms with Crippen molar-refractivity contribution in [1.82, 2.24) is 10.6 Å². The number of hydrogen-bond donors (Lipinski definition) is 2. The summed E-state index contributed by atoms with van der Waals surface area (Å²) in [6.45, 7) is 9.53. The topological polar surface area (TPSA) is 41.1 Å². The molecule has 92 valence electrons. The molecule has 0 aromatic carbocycles. The van der Waals surface area contributed by atoms with E-state index < -0.39 is 0 Å². The molecule has 0 saturated heterocycles. The van der Waals surface area contributed by atoms with Gasteiger partial charge in [0, 0.05) is 19.5 Å². The molecule has 0 aromatic rings. The molecule has 2 N–H and O–H groups in total. The average molecular weight is 224 g/mol. The third kappa shape index (κ3) is 8.31. The summed E-state index contributed by atoms with van der Waals surface area (Å²) in [6, 6.07) is -0.134. The SMILES string of the molecule is CC#CCCNC(C)C(=O)NCCC(C)C. The van der Waals surface area contributed by atoms with Crippen LogP contribution in [0.2, 0.25) is 0 Å². The second-order valence-corrected chi connectivity index (χ2v) is 4.33. The Morgan fingerprint density at radius 3 is 2.50 bits per heavy atom. The van der Waals surface area contributed by atoms with E-state index in [9.17, 15) is 4.79 Å². The molecule has 0 aliphatic carbocycles. The van der Waals surface area contributed by atoms with Crippen molar-refractivity contribution in [1.29, 1.82) is 0 Å². The van der Waals surface area contributed by atoms with Crippen LogP contribution < -0.4 is 10.6 Å². The Balaban J connectivity index is 3.59. The standard InChI is InChI=1S/C13H24N2O/c1-5-6-7-9-14-12(4)13(16)15-10-8-11(2)3/h11-12,14H,7-10H2,1-4H3,(H,15,16). The molecule has 1 atom stereocenters. The highest BCUT2D eigenvalue weighted by atomic mass is 16.2. The van der Waals surface area contributed by atoms with Gasteiger partial charge in [-0.3, -0.25) is 4.79 Å². The number of rotatable bonds is 7. The summed E-state index contributed by atoms with van der Waals surface area (Å²) in [4.78, 5) is 11.6. The van der Waals surface area contributed by atoms with Crippen LogP contribution in [-0.4, -0.2) is 25.0 Å². The van der Waals surface area contributed by atoms with Crippen LogP contribution >= 0.6 is 0 Å². The van der Waals surface area contributed by atoms with Crippen molar-refractivity contribution >= 4 is 5.91 Å². The molecule has 0 aliphatic rings. The smallest absolute Gasteiger partial charge is 0.236 e. The van der Waals surface area contributed by atoms with Crippen molar-refractivity contribution in [2.75, 3.05) is 13.1 Å². The summed E-state index contributed by atoms with van der Waals surface area (Å²) in [5.74, 6) is 6.49. The van der Waals surface area contributed by atoms with Crippen LogP contribution in [0.25, 0.3) is 0 Å². The van der Waals surface area contributed by atoms with E-state index in [1.54, 1.807) is 0 Å². The van der Waals surface area contributed by atoms with Crippen molar-refractivity contribution in [3.05, 3.63) is 0 Å². The molecular weight excluding hydrogens is 200 g/mol. The second-order valence-electron chi connectivity index (χ2n) is 4.33. The van der Waals surface area contributed by atoms with Gasteiger partial charge in [0.05, 0.1) is 6.04 Å². The molecule has 3 nitrogen and oxygen atoms in total. The van der Waals surface area contributed by atoms with Gasteiger partial charge in [0.1, 0.15) is 0 Å². The van der Waals surface area contributed by atoms with E-state index in [1.165, 1.54) is 0 Å². The van der Waals surface area contributed by atoms with Gasteiger partial charge in [-0.05, 0) is 26.2 Å². The van der Waals surface area contributed by atoms with E-state index >= 15 is 0 Å². The number of carbonyl (C=O) groups is 1. The van der Waals surface area contributed by atoms with Gasteiger partial charge in [-0.25, -0.2) is 0 Å². The van der Waals surface area contributed by atoms with Crippen molar-refractivity contribution in [2.24, 2.45) is 5.92 Å².